The van der Waals surface area contributed by atoms with Crippen molar-refractivity contribution in [3.63, 3.8) is 0 Å². The third-order valence-electron chi connectivity index (χ3n) is 2.77. The minimum absolute atomic E-state index is 0.0708. The van der Waals surface area contributed by atoms with Crippen LogP contribution in [0.5, 0.6) is 0 Å². The average Bonchev–Trinajstić information content (AvgIpc) is 2.33. The fourth-order valence-electron chi connectivity index (χ4n) is 1.86. The Morgan fingerprint density at radius 3 is 2.48 bits per heavy atom. The van der Waals surface area contributed by atoms with E-state index in [1.54, 1.807) is 33.8 Å². The first-order chi connectivity index (χ1) is 10.4. The van der Waals surface area contributed by atoms with Gasteiger partial charge in [-0.1, -0.05) is 12.1 Å². The predicted molar refractivity (Wildman–Crippen MR) is 83.8 cm³/mol. The van der Waals surface area contributed by atoms with Crippen molar-refractivity contribution < 1.29 is 26.5 Å². The summed E-state index contributed by atoms with van der Waals surface area (Å²) in [5.41, 5.74) is -0.172. The fraction of sp³-hybridized carbons (Fsp3) is 0.533. The van der Waals surface area contributed by atoms with E-state index in [-0.39, 0.29) is 5.56 Å². The van der Waals surface area contributed by atoms with Crippen LogP contribution < -0.4 is 5.32 Å². The van der Waals surface area contributed by atoms with Gasteiger partial charge < -0.3 is 10.1 Å². The molecule has 23 heavy (non-hydrogen) atoms. The molecule has 1 rings (SSSR count). The van der Waals surface area contributed by atoms with E-state index in [1.165, 1.54) is 12.1 Å². The van der Waals surface area contributed by atoms with Gasteiger partial charge in [0.1, 0.15) is 11.4 Å². The van der Waals surface area contributed by atoms with Gasteiger partial charge in [-0.3, -0.25) is 4.18 Å². The van der Waals surface area contributed by atoms with Crippen molar-refractivity contribution in [2.45, 2.75) is 45.9 Å². The zero-order valence-electron chi connectivity index (χ0n) is 13.8. The molecule has 6 nitrogen and oxygen atoms in total. The maximum atomic E-state index is 14.0. The molecule has 0 aliphatic carbocycles. The van der Waals surface area contributed by atoms with Gasteiger partial charge in [-0.25, -0.2) is 9.18 Å². The first-order valence-electron chi connectivity index (χ1n) is 7.00. The van der Waals surface area contributed by atoms with Crippen LogP contribution in [0, 0.1) is 5.82 Å². The molecule has 0 aromatic heterocycles. The van der Waals surface area contributed by atoms with E-state index in [4.69, 9.17) is 4.74 Å². The van der Waals surface area contributed by atoms with Crippen molar-refractivity contribution in [1.82, 2.24) is 5.32 Å². The third-order valence-corrected chi connectivity index (χ3v) is 3.32. The molecule has 1 aromatic carbocycles. The van der Waals surface area contributed by atoms with Crippen LogP contribution in [0.15, 0.2) is 18.2 Å². The Balaban J connectivity index is 2.94. The van der Waals surface area contributed by atoms with Crippen molar-refractivity contribution in [2.75, 3.05) is 6.26 Å². The number of benzene rings is 1. The maximum Gasteiger partial charge on any atom is 0.408 e. The van der Waals surface area contributed by atoms with Crippen LogP contribution in [0.1, 0.15) is 44.9 Å². The Hall–Kier alpha value is -1.67. The summed E-state index contributed by atoms with van der Waals surface area (Å²) in [6.07, 6.45) is 0.236. The van der Waals surface area contributed by atoms with Crippen LogP contribution in [-0.2, 0) is 25.6 Å². The molecule has 8 heteroatoms. The second-order valence-corrected chi connectivity index (χ2v) is 7.79. The zero-order chi connectivity index (χ0) is 17.8. The first-order valence-corrected chi connectivity index (χ1v) is 8.82. The summed E-state index contributed by atoms with van der Waals surface area (Å²) >= 11 is 0. The molecule has 0 aliphatic heterocycles. The molecule has 0 aliphatic rings. The number of carbonyl (C=O) groups excluding carboxylic acids is 1. The molecule has 0 saturated heterocycles. The molecule has 0 unspecified atom stereocenters. The smallest absolute Gasteiger partial charge is 0.408 e. The van der Waals surface area contributed by atoms with Crippen molar-refractivity contribution in [3.05, 3.63) is 35.1 Å². The number of ether oxygens (including phenoxy) is 1. The lowest BCUT2D eigenvalue weighted by Gasteiger charge is -2.23. The van der Waals surface area contributed by atoms with E-state index in [2.05, 4.69) is 9.50 Å². The number of carbonyl (C=O) groups is 1. The van der Waals surface area contributed by atoms with Gasteiger partial charge >= 0.3 is 6.09 Å². The molecule has 1 amide bonds. The topological polar surface area (TPSA) is 81.7 Å². The van der Waals surface area contributed by atoms with Gasteiger partial charge in [-0.2, -0.15) is 8.42 Å². The van der Waals surface area contributed by atoms with E-state index in [0.29, 0.717) is 5.56 Å². The monoisotopic (exact) mass is 347 g/mol. The summed E-state index contributed by atoms with van der Waals surface area (Å²) in [6.45, 7) is 6.38. The Morgan fingerprint density at radius 1 is 1.35 bits per heavy atom. The molecule has 0 bridgehead atoms. The Kier molecular flexibility index (Phi) is 6.12. The highest BCUT2D eigenvalue weighted by Crippen LogP contribution is 2.22. The molecular formula is C15H22FNO5S. The van der Waals surface area contributed by atoms with Crippen molar-refractivity contribution >= 4 is 16.2 Å². The van der Waals surface area contributed by atoms with E-state index in [1.807, 2.05) is 0 Å². The van der Waals surface area contributed by atoms with Gasteiger partial charge in [-0.05, 0) is 39.3 Å². The molecule has 0 heterocycles. The molecule has 1 aromatic rings. The van der Waals surface area contributed by atoms with Gasteiger partial charge in [0.2, 0.25) is 0 Å². The van der Waals surface area contributed by atoms with Gasteiger partial charge in [0.05, 0.1) is 18.9 Å². The van der Waals surface area contributed by atoms with Crippen LogP contribution in [0.2, 0.25) is 0 Å². The lowest BCUT2D eigenvalue weighted by Crippen LogP contribution is -2.34. The van der Waals surface area contributed by atoms with E-state index in [0.717, 1.165) is 6.26 Å². The molecular weight excluding hydrogens is 325 g/mol. The van der Waals surface area contributed by atoms with Crippen LogP contribution in [0.4, 0.5) is 9.18 Å². The van der Waals surface area contributed by atoms with Crippen LogP contribution >= 0.6 is 0 Å². The predicted octanol–water partition coefficient (Wildman–Crippen LogP) is 2.89. The van der Waals surface area contributed by atoms with Crippen LogP contribution in [0.25, 0.3) is 0 Å². The molecule has 1 N–H and O–H groups in total. The number of rotatable bonds is 5. The van der Waals surface area contributed by atoms with Gasteiger partial charge in [0.25, 0.3) is 10.1 Å². The molecule has 0 saturated carbocycles. The highest BCUT2D eigenvalue weighted by molar-refractivity contribution is 7.85. The van der Waals surface area contributed by atoms with Crippen LogP contribution in [-0.4, -0.2) is 26.4 Å². The van der Waals surface area contributed by atoms with Gasteiger partial charge in [0, 0.05) is 5.56 Å². The number of amides is 1. The normalized spacial score (nSPS) is 13.5. The highest BCUT2D eigenvalue weighted by atomic mass is 32.2. The zero-order valence-corrected chi connectivity index (χ0v) is 14.7. The summed E-state index contributed by atoms with van der Waals surface area (Å²) in [6, 6.07) is 3.68. The second kappa shape index (κ2) is 7.27. The quantitative estimate of drug-likeness (QED) is 0.828. The summed E-state index contributed by atoms with van der Waals surface area (Å²) in [7, 11) is -3.71. The molecule has 130 valence electrons. The minimum atomic E-state index is -3.71. The Morgan fingerprint density at radius 2 is 1.96 bits per heavy atom. The lowest BCUT2D eigenvalue weighted by molar-refractivity contribution is 0.0507. The fourth-order valence-corrected chi connectivity index (χ4v) is 2.19. The van der Waals surface area contributed by atoms with E-state index in [9.17, 15) is 17.6 Å². The molecule has 0 fully saturated rings. The first kappa shape index (κ1) is 19.4. The summed E-state index contributed by atoms with van der Waals surface area (Å²) in [4.78, 5) is 11.8. The lowest BCUT2D eigenvalue weighted by atomic mass is 10.0. The Bertz CT molecular complexity index is 667. The summed E-state index contributed by atoms with van der Waals surface area (Å²) in [5.74, 6) is -0.607. The standard InChI is InChI=1S/C15H22FNO5S/c1-10(17-14(18)22-15(2,3)4)11-7-6-8-13(16)12(11)9-21-23(5,19)20/h6-8,10H,9H2,1-5H3,(H,17,18)/t10-/m0/s1. The third kappa shape index (κ3) is 6.96. The van der Waals surface area contributed by atoms with Gasteiger partial charge in [0.15, 0.2) is 0 Å². The molecule has 0 spiro atoms. The Labute approximate surface area is 136 Å². The number of hydrogen-bond donors (Lipinski definition) is 1. The SMILES string of the molecule is C[C@H](NC(=O)OC(C)(C)C)c1cccc(F)c1COS(C)(=O)=O. The summed E-state index contributed by atoms with van der Waals surface area (Å²) in [5, 5.41) is 2.58. The average molecular weight is 347 g/mol. The molecule has 0 radical (unpaired) electrons. The number of alkyl carbamates (subject to hydrolysis) is 1. The highest BCUT2D eigenvalue weighted by Gasteiger charge is 2.21. The minimum Gasteiger partial charge on any atom is -0.444 e. The van der Waals surface area contributed by atoms with Crippen molar-refractivity contribution in [2.24, 2.45) is 0 Å². The summed E-state index contributed by atoms with van der Waals surface area (Å²) < 4.78 is 46.0. The second-order valence-electron chi connectivity index (χ2n) is 6.14. The number of halogens is 1. The number of hydrogen-bond acceptors (Lipinski definition) is 5. The van der Waals surface area contributed by atoms with E-state index >= 15 is 0 Å². The largest absolute Gasteiger partial charge is 0.444 e. The molecule has 1 atom stereocenters. The van der Waals surface area contributed by atoms with Gasteiger partial charge in [-0.15, -0.1) is 0 Å². The van der Waals surface area contributed by atoms with Crippen LogP contribution in [0.3, 0.4) is 0 Å². The maximum absolute atomic E-state index is 14.0. The van der Waals surface area contributed by atoms with E-state index < -0.39 is 40.3 Å². The number of nitrogens with one attached hydrogen (secondary N) is 1. The van der Waals surface area contributed by atoms with Crippen molar-refractivity contribution in [3.8, 4) is 0 Å². The van der Waals surface area contributed by atoms with Crippen molar-refractivity contribution in [1.29, 1.82) is 0 Å².